The predicted molar refractivity (Wildman–Crippen MR) is 131 cm³/mol. The average Bonchev–Trinajstić information content (AvgIpc) is 2.79. The number of nitrogens with zero attached hydrogens (tertiary/aromatic N) is 2. The van der Waals surface area contributed by atoms with Crippen molar-refractivity contribution in [3.05, 3.63) is 47.5 Å². The molecular weight excluding hydrogens is 383 g/mol. The Morgan fingerprint density at radius 1 is 0.645 bits per heavy atom. The van der Waals surface area contributed by atoms with Crippen molar-refractivity contribution in [1.29, 1.82) is 0 Å². The second kappa shape index (κ2) is 15.9. The third kappa shape index (κ3) is 10.4. The first-order valence-electron chi connectivity index (χ1n) is 12.8. The van der Waals surface area contributed by atoms with E-state index < -0.39 is 0 Å². The van der Waals surface area contributed by atoms with Crippen molar-refractivity contribution in [2.24, 2.45) is 0 Å². The Bertz CT molecular complexity index is 711. The van der Waals surface area contributed by atoms with E-state index in [1.54, 1.807) is 6.20 Å². The molecule has 0 saturated heterocycles. The van der Waals surface area contributed by atoms with Gasteiger partial charge in [-0.15, -0.1) is 0 Å². The number of rotatable bonds is 17. The summed E-state index contributed by atoms with van der Waals surface area (Å²) >= 11 is 0. The lowest BCUT2D eigenvalue weighted by Crippen LogP contribution is -1.99. The van der Waals surface area contributed by atoms with Crippen LogP contribution in [0, 0.1) is 5.95 Å². The third-order valence-corrected chi connectivity index (χ3v) is 6.14. The minimum atomic E-state index is -0.357. The van der Waals surface area contributed by atoms with E-state index in [9.17, 15) is 4.39 Å². The Kier molecular flexibility index (Phi) is 13.1. The highest BCUT2D eigenvalue weighted by Gasteiger charge is 2.09. The fourth-order valence-electron chi connectivity index (χ4n) is 4.07. The van der Waals surface area contributed by atoms with Gasteiger partial charge in [-0.3, -0.25) is 0 Å². The first kappa shape index (κ1) is 25.5. The number of benzene rings is 1. The van der Waals surface area contributed by atoms with Crippen LogP contribution in [0.4, 0.5) is 4.39 Å². The maximum Gasteiger partial charge on any atom is 0.219 e. The summed E-state index contributed by atoms with van der Waals surface area (Å²) in [6.07, 6.45) is 21.4. The van der Waals surface area contributed by atoms with E-state index in [1.807, 2.05) is 12.1 Å². The van der Waals surface area contributed by atoms with E-state index in [0.717, 1.165) is 31.2 Å². The Morgan fingerprint density at radius 3 is 1.71 bits per heavy atom. The van der Waals surface area contributed by atoms with Crippen LogP contribution in [0.25, 0.3) is 11.4 Å². The van der Waals surface area contributed by atoms with E-state index >= 15 is 0 Å². The van der Waals surface area contributed by atoms with Crippen LogP contribution in [0.3, 0.4) is 0 Å². The zero-order chi connectivity index (χ0) is 22.2. The van der Waals surface area contributed by atoms with Crippen LogP contribution in [0.5, 0.6) is 0 Å². The van der Waals surface area contributed by atoms with E-state index in [4.69, 9.17) is 0 Å². The molecule has 0 spiro atoms. The van der Waals surface area contributed by atoms with Crippen molar-refractivity contribution in [3.63, 3.8) is 0 Å². The lowest BCUT2D eigenvalue weighted by atomic mass is 10.0. The Morgan fingerprint density at radius 2 is 1.16 bits per heavy atom. The van der Waals surface area contributed by atoms with Gasteiger partial charge in [0.15, 0.2) is 5.82 Å². The highest BCUT2D eigenvalue weighted by molar-refractivity contribution is 5.55. The molecule has 3 heteroatoms. The summed E-state index contributed by atoms with van der Waals surface area (Å²) in [4.78, 5) is 8.59. The van der Waals surface area contributed by atoms with Crippen molar-refractivity contribution in [1.82, 2.24) is 9.97 Å². The molecule has 0 amide bonds. The molecule has 0 aliphatic heterocycles. The van der Waals surface area contributed by atoms with Crippen LogP contribution in [0.1, 0.15) is 115 Å². The molecule has 0 saturated carbocycles. The molecule has 0 unspecified atom stereocenters. The molecule has 1 aromatic heterocycles. The predicted octanol–water partition coefficient (Wildman–Crippen LogP) is 8.87. The fraction of sp³-hybridized carbons (Fsp3) is 0.643. The highest BCUT2D eigenvalue weighted by atomic mass is 19.1. The molecule has 0 N–H and O–H groups in total. The molecule has 1 heterocycles. The molecule has 2 rings (SSSR count). The maximum absolute atomic E-state index is 14.5. The summed E-state index contributed by atoms with van der Waals surface area (Å²) in [5, 5.41) is 0. The Labute approximate surface area is 190 Å². The topological polar surface area (TPSA) is 25.8 Å². The lowest BCUT2D eigenvalue weighted by Gasteiger charge is -2.07. The summed E-state index contributed by atoms with van der Waals surface area (Å²) in [7, 11) is 0. The van der Waals surface area contributed by atoms with Crippen LogP contribution in [0.15, 0.2) is 30.5 Å². The fourth-order valence-corrected chi connectivity index (χ4v) is 4.07. The second-order valence-corrected chi connectivity index (χ2v) is 8.95. The van der Waals surface area contributed by atoms with Crippen molar-refractivity contribution < 1.29 is 4.39 Å². The lowest BCUT2D eigenvalue weighted by molar-refractivity contribution is 0.542. The SMILES string of the molecule is CCCCCCCCCCCc1cnc(-c2ccc(CCCCCCC)cc2)nc1F. The zero-order valence-electron chi connectivity index (χ0n) is 20.0. The number of halogens is 1. The van der Waals surface area contributed by atoms with Crippen molar-refractivity contribution in [2.75, 3.05) is 0 Å². The van der Waals surface area contributed by atoms with Gasteiger partial charge in [0, 0.05) is 17.3 Å². The van der Waals surface area contributed by atoms with E-state index in [1.165, 1.54) is 82.6 Å². The number of aryl methyl sites for hydroxylation is 2. The summed E-state index contributed by atoms with van der Waals surface area (Å²) in [6, 6.07) is 8.31. The largest absolute Gasteiger partial charge is 0.236 e. The molecule has 2 nitrogen and oxygen atoms in total. The van der Waals surface area contributed by atoms with Gasteiger partial charge >= 0.3 is 0 Å². The molecule has 172 valence electrons. The number of unbranched alkanes of at least 4 members (excludes halogenated alkanes) is 12. The van der Waals surface area contributed by atoms with Gasteiger partial charge in [-0.1, -0.05) is 115 Å². The second-order valence-electron chi connectivity index (χ2n) is 8.95. The van der Waals surface area contributed by atoms with Gasteiger partial charge in [0.2, 0.25) is 5.95 Å². The number of aromatic nitrogens is 2. The minimum absolute atomic E-state index is 0.357. The van der Waals surface area contributed by atoms with Gasteiger partial charge < -0.3 is 0 Å². The standard InChI is InChI=1S/C28H43FN2/c1-3-5-7-9-10-11-12-14-16-18-26-23-30-28(31-27(26)29)25-21-19-24(20-22-25)17-15-13-8-6-4-2/h19-23H,3-18H2,1-2H3. The van der Waals surface area contributed by atoms with Crippen LogP contribution in [0.2, 0.25) is 0 Å². The van der Waals surface area contributed by atoms with Gasteiger partial charge in [0.25, 0.3) is 0 Å². The van der Waals surface area contributed by atoms with E-state index in [-0.39, 0.29) is 5.95 Å². The molecule has 0 aliphatic rings. The normalized spacial score (nSPS) is 11.2. The average molecular weight is 427 g/mol. The molecule has 0 fully saturated rings. The molecule has 1 aromatic carbocycles. The van der Waals surface area contributed by atoms with Gasteiger partial charge in [-0.2, -0.15) is 9.37 Å². The monoisotopic (exact) mass is 426 g/mol. The van der Waals surface area contributed by atoms with Crippen molar-refractivity contribution in [3.8, 4) is 11.4 Å². The van der Waals surface area contributed by atoms with Crippen LogP contribution >= 0.6 is 0 Å². The zero-order valence-corrected chi connectivity index (χ0v) is 20.0. The quantitative estimate of drug-likeness (QED) is 0.186. The van der Waals surface area contributed by atoms with Crippen LogP contribution in [-0.4, -0.2) is 9.97 Å². The molecule has 0 radical (unpaired) electrons. The van der Waals surface area contributed by atoms with Crippen LogP contribution in [-0.2, 0) is 12.8 Å². The van der Waals surface area contributed by atoms with E-state index in [0.29, 0.717) is 11.4 Å². The summed E-state index contributed by atoms with van der Waals surface area (Å²) in [5.41, 5.74) is 2.88. The van der Waals surface area contributed by atoms with Crippen molar-refractivity contribution >= 4 is 0 Å². The summed E-state index contributed by atoms with van der Waals surface area (Å²) in [6.45, 7) is 4.50. The van der Waals surface area contributed by atoms with Crippen molar-refractivity contribution in [2.45, 2.75) is 117 Å². The third-order valence-electron chi connectivity index (χ3n) is 6.14. The first-order chi connectivity index (χ1) is 15.2. The maximum atomic E-state index is 14.5. The molecule has 0 aliphatic carbocycles. The van der Waals surface area contributed by atoms with Gasteiger partial charge in [0.1, 0.15) is 0 Å². The van der Waals surface area contributed by atoms with Gasteiger partial charge in [0.05, 0.1) is 0 Å². The Balaban J connectivity index is 1.71. The number of hydrogen-bond donors (Lipinski definition) is 0. The molecule has 2 aromatic rings. The molecule has 31 heavy (non-hydrogen) atoms. The van der Waals surface area contributed by atoms with E-state index in [2.05, 4.69) is 35.9 Å². The smallest absolute Gasteiger partial charge is 0.219 e. The summed E-state index contributed by atoms with van der Waals surface area (Å²) in [5.74, 6) is 0.132. The minimum Gasteiger partial charge on any atom is -0.236 e. The molecule has 0 atom stereocenters. The first-order valence-corrected chi connectivity index (χ1v) is 12.8. The number of hydrogen-bond acceptors (Lipinski definition) is 2. The van der Waals surface area contributed by atoms with Gasteiger partial charge in [-0.05, 0) is 31.2 Å². The van der Waals surface area contributed by atoms with Crippen LogP contribution < -0.4 is 0 Å². The highest BCUT2D eigenvalue weighted by Crippen LogP contribution is 2.19. The molecule has 0 bridgehead atoms. The summed E-state index contributed by atoms with van der Waals surface area (Å²) < 4.78 is 14.5. The van der Waals surface area contributed by atoms with Gasteiger partial charge in [-0.25, -0.2) is 4.98 Å². The molecular formula is C28H43FN2. The Hall–Kier alpha value is -1.77.